The molecule has 0 bridgehead atoms. The summed E-state index contributed by atoms with van der Waals surface area (Å²) >= 11 is 1.96. The molecule has 0 aromatic heterocycles. The van der Waals surface area contributed by atoms with Crippen LogP contribution in [-0.4, -0.2) is 50.7 Å². The topological polar surface area (TPSA) is 95.6 Å². The Morgan fingerprint density at radius 2 is 1.80 bits per heavy atom. The molecule has 2 atom stereocenters. The van der Waals surface area contributed by atoms with E-state index >= 15 is 0 Å². The summed E-state index contributed by atoms with van der Waals surface area (Å²) in [4.78, 5) is 24.6. The van der Waals surface area contributed by atoms with Gasteiger partial charge in [0, 0.05) is 23.7 Å². The lowest BCUT2D eigenvalue weighted by atomic mass is 10.2. The molecular weight excluding hydrogens is 457 g/mol. The van der Waals surface area contributed by atoms with Crippen molar-refractivity contribution in [1.82, 2.24) is 14.9 Å². The minimum absolute atomic E-state index is 0.0144. The molecular formula is C16H24IN3O4S. The van der Waals surface area contributed by atoms with E-state index in [1.807, 2.05) is 36.4 Å². The lowest BCUT2D eigenvalue weighted by Gasteiger charge is -2.18. The van der Waals surface area contributed by atoms with Crippen LogP contribution < -0.4 is 10.6 Å². The van der Waals surface area contributed by atoms with Gasteiger partial charge in [-0.05, 0) is 61.1 Å². The van der Waals surface area contributed by atoms with Gasteiger partial charge in [0.05, 0.1) is 10.5 Å². The third-order valence-corrected chi connectivity index (χ3v) is 6.45. The van der Waals surface area contributed by atoms with Gasteiger partial charge in [0.15, 0.2) is 0 Å². The number of hydrogen-bond donors (Lipinski definition) is 2. The first-order valence-corrected chi connectivity index (χ1v) is 10.4. The van der Waals surface area contributed by atoms with Crippen molar-refractivity contribution < 1.29 is 18.0 Å². The minimum Gasteiger partial charge on any atom is -0.352 e. The molecule has 9 heteroatoms. The van der Waals surface area contributed by atoms with Gasteiger partial charge in [-0.1, -0.05) is 6.92 Å². The Kier molecular flexibility index (Phi) is 7.82. The van der Waals surface area contributed by atoms with Crippen LogP contribution >= 0.6 is 22.6 Å². The minimum atomic E-state index is -3.64. The molecule has 1 aromatic carbocycles. The molecule has 25 heavy (non-hydrogen) atoms. The lowest BCUT2D eigenvalue weighted by Crippen LogP contribution is -2.47. The van der Waals surface area contributed by atoms with Crippen molar-refractivity contribution in [2.75, 3.05) is 14.1 Å². The van der Waals surface area contributed by atoms with Crippen molar-refractivity contribution in [1.29, 1.82) is 0 Å². The molecule has 0 heterocycles. The first-order chi connectivity index (χ1) is 11.5. The van der Waals surface area contributed by atoms with Crippen molar-refractivity contribution in [2.24, 2.45) is 0 Å². The van der Waals surface area contributed by atoms with E-state index < -0.39 is 22.0 Å². The Morgan fingerprint density at radius 3 is 2.32 bits per heavy atom. The van der Waals surface area contributed by atoms with Gasteiger partial charge in [-0.15, -0.1) is 0 Å². The zero-order valence-corrected chi connectivity index (χ0v) is 17.9. The molecule has 0 fully saturated rings. The molecule has 140 valence electrons. The van der Waals surface area contributed by atoms with Crippen LogP contribution in [0.1, 0.15) is 37.6 Å². The molecule has 1 aromatic rings. The highest BCUT2D eigenvalue weighted by Crippen LogP contribution is 2.20. The van der Waals surface area contributed by atoms with Crippen LogP contribution in [0.15, 0.2) is 23.1 Å². The van der Waals surface area contributed by atoms with Crippen LogP contribution in [0.4, 0.5) is 0 Å². The van der Waals surface area contributed by atoms with Gasteiger partial charge >= 0.3 is 0 Å². The summed E-state index contributed by atoms with van der Waals surface area (Å²) in [6.07, 6.45) is 0.786. The summed E-state index contributed by atoms with van der Waals surface area (Å²) in [6.45, 7) is 5.42. The molecule has 1 rings (SSSR count). The smallest absolute Gasteiger partial charge is 0.253 e. The Bertz CT molecular complexity index is 750. The summed E-state index contributed by atoms with van der Waals surface area (Å²) in [5.41, 5.74) is 0.215. The zero-order chi connectivity index (χ0) is 19.4. The molecule has 0 aliphatic heterocycles. The highest BCUT2D eigenvalue weighted by molar-refractivity contribution is 14.1. The van der Waals surface area contributed by atoms with Crippen molar-refractivity contribution in [3.05, 3.63) is 27.3 Å². The first kappa shape index (κ1) is 21.8. The fourth-order valence-corrected chi connectivity index (χ4v) is 3.37. The number of carbonyl (C=O) groups excluding carboxylic acids is 2. The summed E-state index contributed by atoms with van der Waals surface area (Å²) in [5.74, 6) is -0.776. The van der Waals surface area contributed by atoms with Crippen LogP contribution in [0.3, 0.4) is 0 Å². The Balaban J connectivity index is 3.01. The van der Waals surface area contributed by atoms with Crippen molar-refractivity contribution in [3.63, 3.8) is 0 Å². The average Bonchev–Trinajstić information content (AvgIpc) is 2.54. The van der Waals surface area contributed by atoms with E-state index in [1.165, 1.54) is 26.2 Å². The van der Waals surface area contributed by atoms with Gasteiger partial charge in [0.1, 0.15) is 6.04 Å². The number of hydrogen-bond acceptors (Lipinski definition) is 4. The fraction of sp³-hybridized carbons (Fsp3) is 0.500. The van der Waals surface area contributed by atoms with E-state index in [1.54, 1.807) is 13.0 Å². The number of nitrogens with zero attached hydrogens (tertiary/aromatic N) is 1. The van der Waals surface area contributed by atoms with Crippen molar-refractivity contribution >= 4 is 44.4 Å². The monoisotopic (exact) mass is 481 g/mol. The van der Waals surface area contributed by atoms with E-state index in [2.05, 4.69) is 10.6 Å². The number of benzene rings is 1. The van der Waals surface area contributed by atoms with Crippen molar-refractivity contribution in [2.45, 2.75) is 44.2 Å². The lowest BCUT2D eigenvalue weighted by molar-refractivity contribution is -0.123. The van der Waals surface area contributed by atoms with E-state index in [0.29, 0.717) is 3.57 Å². The van der Waals surface area contributed by atoms with Crippen LogP contribution in [0.5, 0.6) is 0 Å². The van der Waals surface area contributed by atoms with Gasteiger partial charge < -0.3 is 10.6 Å². The predicted octanol–water partition coefficient (Wildman–Crippen LogP) is 1.57. The molecule has 2 N–H and O–H groups in total. The van der Waals surface area contributed by atoms with Crippen LogP contribution in [0.25, 0.3) is 0 Å². The van der Waals surface area contributed by atoms with E-state index in [9.17, 15) is 18.0 Å². The number of carbonyl (C=O) groups is 2. The van der Waals surface area contributed by atoms with E-state index in [-0.39, 0.29) is 22.4 Å². The molecule has 0 radical (unpaired) electrons. The SMILES string of the molecule is CCC(C)NC(=O)C(C)NC(=O)c1cc(S(=O)(=O)N(C)C)ccc1I. The van der Waals surface area contributed by atoms with Gasteiger partial charge in [-0.3, -0.25) is 9.59 Å². The average molecular weight is 481 g/mol. The highest BCUT2D eigenvalue weighted by atomic mass is 127. The molecule has 0 aliphatic carbocycles. The Labute approximate surface area is 162 Å². The predicted molar refractivity (Wildman–Crippen MR) is 105 cm³/mol. The molecule has 7 nitrogen and oxygen atoms in total. The molecule has 2 unspecified atom stereocenters. The Hall–Kier alpha value is -1.20. The second kappa shape index (κ2) is 8.95. The van der Waals surface area contributed by atoms with Gasteiger partial charge in [-0.25, -0.2) is 12.7 Å². The normalized spacial score (nSPS) is 14.0. The van der Waals surface area contributed by atoms with Crippen molar-refractivity contribution in [3.8, 4) is 0 Å². The summed E-state index contributed by atoms with van der Waals surface area (Å²) in [6, 6.07) is 3.63. The Morgan fingerprint density at radius 1 is 1.20 bits per heavy atom. The number of rotatable bonds is 7. The molecule has 0 saturated carbocycles. The second-order valence-corrected chi connectivity index (χ2v) is 9.26. The molecule has 0 aliphatic rings. The summed E-state index contributed by atoms with van der Waals surface area (Å²) in [7, 11) is -0.793. The summed E-state index contributed by atoms with van der Waals surface area (Å²) < 4.78 is 26.1. The number of amides is 2. The zero-order valence-electron chi connectivity index (χ0n) is 15.0. The largest absolute Gasteiger partial charge is 0.352 e. The second-order valence-electron chi connectivity index (χ2n) is 5.94. The van der Waals surface area contributed by atoms with Gasteiger partial charge in [-0.2, -0.15) is 0 Å². The fourth-order valence-electron chi connectivity index (χ4n) is 1.86. The number of nitrogens with one attached hydrogen (secondary N) is 2. The first-order valence-electron chi connectivity index (χ1n) is 7.84. The maximum atomic E-state index is 12.5. The summed E-state index contributed by atoms with van der Waals surface area (Å²) in [5, 5.41) is 5.40. The van der Waals surface area contributed by atoms with Crippen LogP contribution in [0, 0.1) is 3.57 Å². The van der Waals surface area contributed by atoms with Gasteiger partial charge in [0.25, 0.3) is 5.91 Å². The molecule has 0 spiro atoms. The van der Waals surface area contributed by atoms with Gasteiger partial charge in [0.2, 0.25) is 15.9 Å². The van der Waals surface area contributed by atoms with Crippen LogP contribution in [0.2, 0.25) is 0 Å². The third-order valence-electron chi connectivity index (χ3n) is 3.70. The van der Waals surface area contributed by atoms with Crippen LogP contribution in [-0.2, 0) is 14.8 Å². The molecule has 2 amide bonds. The standard InChI is InChI=1S/C16H24IN3O4S/c1-6-10(2)18-15(21)11(3)19-16(22)13-9-12(7-8-14(13)17)25(23,24)20(4)5/h7-11H,6H2,1-5H3,(H,18,21)(H,19,22). The maximum Gasteiger partial charge on any atom is 0.253 e. The maximum absolute atomic E-state index is 12.5. The number of halogens is 1. The third kappa shape index (κ3) is 5.65. The van der Waals surface area contributed by atoms with E-state index in [0.717, 1.165) is 10.7 Å². The highest BCUT2D eigenvalue weighted by Gasteiger charge is 2.23. The number of sulfonamides is 1. The quantitative estimate of drug-likeness (QED) is 0.579. The molecule has 0 saturated heterocycles. The van der Waals surface area contributed by atoms with E-state index in [4.69, 9.17) is 0 Å².